The highest BCUT2D eigenvalue weighted by Gasteiger charge is 2.20. The van der Waals surface area contributed by atoms with E-state index in [9.17, 15) is 0 Å². The Morgan fingerprint density at radius 2 is 2.17 bits per heavy atom. The van der Waals surface area contributed by atoms with Crippen LogP contribution >= 0.6 is 0 Å². The fourth-order valence-corrected chi connectivity index (χ4v) is 2.85. The number of pyridine rings is 1. The molecule has 18 heavy (non-hydrogen) atoms. The fraction of sp³-hybridized carbons (Fsp3) is 0.643. The van der Waals surface area contributed by atoms with Gasteiger partial charge in [0.15, 0.2) is 0 Å². The van der Waals surface area contributed by atoms with Gasteiger partial charge < -0.3 is 15.0 Å². The lowest BCUT2D eigenvalue weighted by Gasteiger charge is -2.28. The molecule has 0 spiro atoms. The number of aryl methyl sites for hydroxylation is 1. The average molecular weight is 247 g/mol. The number of anilines is 1. The lowest BCUT2D eigenvalue weighted by Crippen LogP contribution is -2.36. The van der Waals surface area contributed by atoms with E-state index in [-0.39, 0.29) is 0 Å². The van der Waals surface area contributed by atoms with Crippen molar-refractivity contribution < 1.29 is 4.74 Å². The molecule has 4 heteroatoms. The Kier molecular flexibility index (Phi) is 3.48. The first-order valence-electron chi connectivity index (χ1n) is 6.88. The second-order valence-electron chi connectivity index (χ2n) is 5.09. The lowest BCUT2D eigenvalue weighted by molar-refractivity contribution is 0.122. The van der Waals surface area contributed by atoms with E-state index in [4.69, 9.17) is 9.72 Å². The van der Waals surface area contributed by atoms with Crippen LogP contribution in [0.2, 0.25) is 0 Å². The van der Waals surface area contributed by atoms with Gasteiger partial charge in [-0.3, -0.25) is 0 Å². The van der Waals surface area contributed by atoms with Crippen molar-refractivity contribution in [3.8, 4) is 0 Å². The highest BCUT2D eigenvalue weighted by atomic mass is 16.5. The number of hydrogen-bond donors (Lipinski definition) is 1. The molecule has 2 saturated heterocycles. The summed E-state index contributed by atoms with van der Waals surface area (Å²) in [6, 6.07) is 4.92. The van der Waals surface area contributed by atoms with Gasteiger partial charge in [0.2, 0.25) is 0 Å². The first-order chi connectivity index (χ1) is 8.84. The monoisotopic (exact) mass is 247 g/mol. The zero-order valence-corrected chi connectivity index (χ0v) is 11.0. The first kappa shape index (κ1) is 11.9. The van der Waals surface area contributed by atoms with Gasteiger partial charge in [0, 0.05) is 24.8 Å². The first-order valence-corrected chi connectivity index (χ1v) is 6.88. The summed E-state index contributed by atoms with van der Waals surface area (Å²) in [6.07, 6.45) is 2.51. The van der Waals surface area contributed by atoms with E-state index >= 15 is 0 Å². The van der Waals surface area contributed by atoms with Gasteiger partial charge in [-0.25, -0.2) is 4.98 Å². The average Bonchev–Trinajstić information content (AvgIpc) is 2.93. The van der Waals surface area contributed by atoms with Crippen LogP contribution in [0.4, 0.5) is 5.82 Å². The SMILES string of the molecule is Cc1nc(N2CCOCC2)ccc1C1CCCN1. The molecule has 0 aliphatic carbocycles. The molecule has 1 unspecified atom stereocenters. The van der Waals surface area contributed by atoms with E-state index in [2.05, 4.69) is 29.3 Å². The molecule has 0 saturated carbocycles. The lowest BCUT2D eigenvalue weighted by atomic mass is 10.0. The molecule has 4 nitrogen and oxygen atoms in total. The van der Waals surface area contributed by atoms with Gasteiger partial charge in [0.25, 0.3) is 0 Å². The summed E-state index contributed by atoms with van der Waals surface area (Å²) < 4.78 is 5.38. The molecule has 3 rings (SSSR count). The maximum Gasteiger partial charge on any atom is 0.128 e. The van der Waals surface area contributed by atoms with E-state index in [0.29, 0.717) is 6.04 Å². The van der Waals surface area contributed by atoms with Crippen molar-refractivity contribution in [1.82, 2.24) is 10.3 Å². The van der Waals surface area contributed by atoms with Gasteiger partial charge in [-0.05, 0) is 37.9 Å². The number of nitrogens with one attached hydrogen (secondary N) is 1. The van der Waals surface area contributed by atoms with E-state index in [1.165, 1.54) is 24.1 Å². The van der Waals surface area contributed by atoms with Gasteiger partial charge in [-0.1, -0.05) is 6.07 Å². The van der Waals surface area contributed by atoms with Crippen molar-refractivity contribution in [2.45, 2.75) is 25.8 Å². The second-order valence-corrected chi connectivity index (χ2v) is 5.09. The molecular weight excluding hydrogens is 226 g/mol. The third-order valence-corrected chi connectivity index (χ3v) is 3.88. The molecular formula is C14H21N3O. The quantitative estimate of drug-likeness (QED) is 0.862. The van der Waals surface area contributed by atoms with Crippen LogP contribution in [-0.4, -0.2) is 37.8 Å². The summed E-state index contributed by atoms with van der Waals surface area (Å²) in [5.74, 6) is 1.09. The van der Waals surface area contributed by atoms with Crippen molar-refractivity contribution in [1.29, 1.82) is 0 Å². The maximum atomic E-state index is 5.38. The summed E-state index contributed by atoms with van der Waals surface area (Å²) in [7, 11) is 0. The van der Waals surface area contributed by atoms with E-state index in [1.54, 1.807) is 0 Å². The van der Waals surface area contributed by atoms with Gasteiger partial charge >= 0.3 is 0 Å². The largest absolute Gasteiger partial charge is 0.378 e. The zero-order chi connectivity index (χ0) is 12.4. The Bertz CT molecular complexity index is 410. The Morgan fingerprint density at radius 3 is 2.83 bits per heavy atom. The number of aromatic nitrogens is 1. The van der Waals surface area contributed by atoms with Crippen LogP contribution in [0.3, 0.4) is 0 Å². The summed E-state index contributed by atoms with van der Waals surface area (Å²) in [6.45, 7) is 6.79. The minimum absolute atomic E-state index is 0.510. The molecule has 2 fully saturated rings. The Morgan fingerprint density at radius 1 is 1.33 bits per heavy atom. The van der Waals surface area contributed by atoms with Crippen LogP contribution in [0.15, 0.2) is 12.1 Å². The predicted octanol–water partition coefficient (Wildman–Crippen LogP) is 1.65. The molecule has 2 aliphatic heterocycles. The highest BCUT2D eigenvalue weighted by Crippen LogP contribution is 2.26. The number of hydrogen-bond acceptors (Lipinski definition) is 4. The predicted molar refractivity (Wildman–Crippen MR) is 72.0 cm³/mol. The molecule has 98 valence electrons. The third-order valence-electron chi connectivity index (χ3n) is 3.88. The van der Waals surface area contributed by atoms with Crippen LogP contribution < -0.4 is 10.2 Å². The molecule has 2 aliphatic rings. The Hall–Kier alpha value is -1.13. The standard InChI is InChI=1S/C14H21N3O/c1-11-12(13-3-2-6-15-13)4-5-14(16-11)17-7-9-18-10-8-17/h4-5,13,15H,2-3,6-10H2,1H3. The van der Waals surface area contributed by atoms with Crippen molar-refractivity contribution in [3.05, 3.63) is 23.4 Å². The zero-order valence-electron chi connectivity index (χ0n) is 11.0. The van der Waals surface area contributed by atoms with Gasteiger partial charge in [0.05, 0.1) is 13.2 Å². The summed E-state index contributed by atoms with van der Waals surface area (Å²) in [4.78, 5) is 7.08. The van der Waals surface area contributed by atoms with Gasteiger partial charge in [-0.2, -0.15) is 0 Å². The Balaban J connectivity index is 1.79. The molecule has 1 aromatic rings. The van der Waals surface area contributed by atoms with Crippen LogP contribution in [0.1, 0.15) is 30.1 Å². The number of ether oxygens (including phenoxy) is 1. The number of rotatable bonds is 2. The molecule has 1 aromatic heterocycles. The van der Waals surface area contributed by atoms with Gasteiger partial charge in [-0.15, -0.1) is 0 Å². The summed E-state index contributed by atoms with van der Waals surface area (Å²) in [5.41, 5.74) is 2.53. The molecule has 0 bridgehead atoms. The smallest absolute Gasteiger partial charge is 0.128 e. The minimum Gasteiger partial charge on any atom is -0.378 e. The maximum absolute atomic E-state index is 5.38. The molecule has 0 radical (unpaired) electrons. The van der Waals surface area contributed by atoms with E-state index < -0.39 is 0 Å². The van der Waals surface area contributed by atoms with Crippen LogP contribution in [0, 0.1) is 6.92 Å². The van der Waals surface area contributed by atoms with Crippen LogP contribution in [-0.2, 0) is 4.74 Å². The summed E-state index contributed by atoms with van der Waals surface area (Å²) >= 11 is 0. The normalized spacial score (nSPS) is 24.5. The summed E-state index contributed by atoms with van der Waals surface area (Å²) in [5, 5.41) is 3.54. The molecule has 1 N–H and O–H groups in total. The highest BCUT2D eigenvalue weighted by molar-refractivity contribution is 5.42. The van der Waals surface area contributed by atoms with E-state index in [0.717, 1.165) is 38.7 Å². The topological polar surface area (TPSA) is 37.4 Å². The van der Waals surface area contributed by atoms with Crippen molar-refractivity contribution >= 4 is 5.82 Å². The number of morpholine rings is 1. The van der Waals surface area contributed by atoms with Crippen LogP contribution in [0.5, 0.6) is 0 Å². The van der Waals surface area contributed by atoms with E-state index in [1.807, 2.05) is 0 Å². The molecule has 0 aromatic carbocycles. The van der Waals surface area contributed by atoms with Crippen molar-refractivity contribution in [3.63, 3.8) is 0 Å². The fourth-order valence-electron chi connectivity index (χ4n) is 2.85. The second kappa shape index (κ2) is 5.24. The van der Waals surface area contributed by atoms with Crippen molar-refractivity contribution in [2.75, 3.05) is 37.7 Å². The van der Waals surface area contributed by atoms with Crippen LogP contribution in [0.25, 0.3) is 0 Å². The third kappa shape index (κ3) is 2.35. The Labute approximate surface area is 108 Å². The molecule has 3 heterocycles. The van der Waals surface area contributed by atoms with Crippen molar-refractivity contribution in [2.24, 2.45) is 0 Å². The molecule has 0 amide bonds. The van der Waals surface area contributed by atoms with Gasteiger partial charge in [0.1, 0.15) is 5.82 Å². The number of nitrogens with zero attached hydrogens (tertiary/aromatic N) is 2. The minimum atomic E-state index is 0.510. The molecule has 1 atom stereocenters.